The zero-order chi connectivity index (χ0) is 10.8. The van der Waals surface area contributed by atoms with Gasteiger partial charge in [-0.3, -0.25) is 4.79 Å². The molecule has 2 N–H and O–H groups in total. The summed E-state index contributed by atoms with van der Waals surface area (Å²) in [7, 11) is 0. The van der Waals surface area contributed by atoms with Crippen molar-refractivity contribution in [3.05, 3.63) is 23.8 Å². The van der Waals surface area contributed by atoms with Crippen molar-refractivity contribution in [1.82, 2.24) is 0 Å². The topological polar surface area (TPSA) is 41.1 Å². The molecule has 1 aromatic carbocycles. The van der Waals surface area contributed by atoms with E-state index in [1.165, 1.54) is 5.56 Å². The van der Waals surface area contributed by atoms with Crippen molar-refractivity contribution in [3.8, 4) is 0 Å². The second-order valence-corrected chi connectivity index (χ2v) is 4.18. The molecule has 15 heavy (non-hydrogen) atoms. The quantitative estimate of drug-likeness (QED) is 0.738. The van der Waals surface area contributed by atoms with Crippen LogP contribution in [0.5, 0.6) is 0 Å². The van der Waals surface area contributed by atoms with E-state index < -0.39 is 0 Å². The van der Waals surface area contributed by atoms with Gasteiger partial charge < -0.3 is 10.6 Å². The fourth-order valence-electron chi connectivity index (χ4n) is 1.70. The predicted molar refractivity (Wildman–Crippen MR) is 62.3 cm³/mol. The van der Waals surface area contributed by atoms with Gasteiger partial charge in [-0.05, 0) is 23.6 Å². The standard InChI is InChI=1S/C12H16N2O/c1-8(2)9-3-4-10-11(7-9)14-12(15)5-6-13-10/h3-4,7-8,13H,5-6H2,1-2H3,(H,14,15). The molecule has 0 radical (unpaired) electrons. The first-order valence-electron chi connectivity index (χ1n) is 5.34. The molecule has 80 valence electrons. The van der Waals surface area contributed by atoms with Crippen molar-refractivity contribution in [2.24, 2.45) is 0 Å². The molecule has 2 rings (SSSR count). The van der Waals surface area contributed by atoms with E-state index >= 15 is 0 Å². The minimum atomic E-state index is 0.0853. The Kier molecular flexibility index (Phi) is 2.62. The van der Waals surface area contributed by atoms with E-state index in [1.54, 1.807) is 0 Å². The normalized spacial score (nSPS) is 15.3. The molecular weight excluding hydrogens is 188 g/mol. The number of carbonyl (C=O) groups excluding carboxylic acids is 1. The average Bonchev–Trinajstić information content (AvgIpc) is 2.37. The molecule has 1 aromatic rings. The first-order valence-corrected chi connectivity index (χ1v) is 5.34. The van der Waals surface area contributed by atoms with Gasteiger partial charge in [0.1, 0.15) is 0 Å². The first-order chi connectivity index (χ1) is 7.16. The summed E-state index contributed by atoms with van der Waals surface area (Å²) in [5.41, 5.74) is 3.17. The number of anilines is 2. The number of carbonyl (C=O) groups is 1. The average molecular weight is 204 g/mol. The van der Waals surface area contributed by atoms with Gasteiger partial charge in [-0.1, -0.05) is 19.9 Å². The van der Waals surface area contributed by atoms with E-state index in [2.05, 4.69) is 36.6 Å². The summed E-state index contributed by atoms with van der Waals surface area (Å²) >= 11 is 0. The molecular formula is C12H16N2O. The monoisotopic (exact) mass is 204 g/mol. The van der Waals surface area contributed by atoms with Gasteiger partial charge in [0.05, 0.1) is 11.4 Å². The molecule has 3 heteroatoms. The number of hydrogen-bond acceptors (Lipinski definition) is 2. The Morgan fingerprint density at radius 1 is 1.27 bits per heavy atom. The molecule has 0 aliphatic carbocycles. The lowest BCUT2D eigenvalue weighted by atomic mass is 10.0. The molecule has 1 heterocycles. The third-order valence-electron chi connectivity index (χ3n) is 2.65. The molecule has 0 aromatic heterocycles. The zero-order valence-corrected chi connectivity index (χ0v) is 9.13. The van der Waals surface area contributed by atoms with Gasteiger partial charge in [-0.25, -0.2) is 0 Å². The highest BCUT2D eigenvalue weighted by atomic mass is 16.1. The second kappa shape index (κ2) is 3.93. The molecule has 0 saturated heterocycles. The minimum absolute atomic E-state index is 0.0853. The Balaban J connectivity index is 2.37. The van der Waals surface area contributed by atoms with Gasteiger partial charge in [0.2, 0.25) is 5.91 Å². The lowest BCUT2D eigenvalue weighted by Gasteiger charge is -2.11. The number of nitrogens with one attached hydrogen (secondary N) is 2. The smallest absolute Gasteiger partial charge is 0.226 e. The summed E-state index contributed by atoms with van der Waals surface area (Å²) in [4.78, 5) is 11.4. The van der Waals surface area contributed by atoms with Gasteiger partial charge in [0, 0.05) is 13.0 Å². The first kappa shape index (κ1) is 10.0. The van der Waals surface area contributed by atoms with Gasteiger partial charge in [-0.15, -0.1) is 0 Å². The highest BCUT2D eigenvalue weighted by Crippen LogP contribution is 2.28. The van der Waals surface area contributed by atoms with Crippen LogP contribution in [0.15, 0.2) is 18.2 Å². The van der Waals surface area contributed by atoms with Crippen molar-refractivity contribution < 1.29 is 4.79 Å². The van der Waals surface area contributed by atoms with Crippen LogP contribution in [0.2, 0.25) is 0 Å². The van der Waals surface area contributed by atoms with E-state index in [-0.39, 0.29) is 5.91 Å². The molecule has 1 aliphatic heterocycles. The van der Waals surface area contributed by atoms with Crippen LogP contribution in [0.3, 0.4) is 0 Å². The van der Waals surface area contributed by atoms with E-state index in [0.717, 1.165) is 11.4 Å². The lowest BCUT2D eigenvalue weighted by molar-refractivity contribution is -0.115. The van der Waals surface area contributed by atoms with Gasteiger partial charge >= 0.3 is 0 Å². The minimum Gasteiger partial charge on any atom is -0.383 e. The van der Waals surface area contributed by atoms with Crippen molar-refractivity contribution in [3.63, 3.8) is 0 Å². The maximum Gasteiger partial charge on any atom is 0.226 e. The molecule has 1 amide bonds. The highest BCUT2D eigenvalue weighted by Gasteiger charge is 2.12. The SMILES string of the molecule is CC(C)c1ccc2c(c1)NC(=O)CCN2. The number of benzene rings is 1. The molecule has 3 nitrogen and oxygen atoms in total. The lowest BCUT2D eigenvalue weighted by Crippen LogP contribution is -2.10. The van der Waals surface area contributed by atoms with Gasteiger partial charge in [0.25, 0.3) is 0 Å². The van der Waals surface area contributed by atoms with Crippen LogP contribution < -0.4 is 10.6 Å². The van der Waals surface area contributed by atoms with Crippen LogP contribution in [0.4, 0.5) is 11.4 Å². The third kappa shape index (κ3) is 2.12. The van der Waals surface area contributed by atoms with Crippen molar-refractivity contribution in [1.29, 1.82) is 0 Å². The van der Waals surface area contributed by atoms with E-state index in [0.29, 0.717) is 18.9 Å². The summed E-state index contributed by atoms with van der Waals surface area (Å²) < 4.78 is 0. The fraction of sp³-hybridized carbons (Fsp3) is 0.417. The number of fused-ring (bicyclic) bond motifs is 1. The molecule has 0 spiro atoms. The Bertz CT molecular complexity index is 385. The van der Waals surface area contributed by atoms with Crippen LogP contribution in [-0.2, 0) is 4.79 Å². The van der Waals surface area contributed by atoms with Gasteiger partial charge in [0.15, 0.2) is 0 Å². The number of amides is 1. The Hall–Kier alpha value is -1.51. The Morgan fingerprint density at radius 2 is 2.07 bits per heavy atom. The van der Waals surface area contributed by atoms with Crippen LogP contribution in [-0.4, -0.2) is 12.5 Å². The Labute approximate surface area is 89.9 Å². The predicted octanol–water partition coefficient (Wildman–Crippen LogP) is 2.56. The summed E-state index contributed by atoms with van der Waals surface area (Å²) in [6, 6.07) is 6.19. The molecule has 0 saturated carbocycles. The van der Waals surface area contributed by atoms with Crippen molar-refractivity contribution in [2.75, 3.05) is 17.2 Å². The largest absolute Gasteiger partial charge is 0.383 e. The number of rotatable bonds is 1. The summed E-state index contributed by atoms with van der Waals surface area (Å²) in [5, 5.41) is 6.15. The summed E-state index contributed by atoms with van der Waals surface area (Å²) in [6.45, 7) is 5.00. The Morgan fingerprint density at radius 3 is 2.80 bits per heavy atom. The number of hydrogen-bond donors (Lipinski definition) is 2. The van der Waals surface area contributed by atoms with E-state index in [9.17, 15) is 4.79 Å². The molecule has 0 unspecified atom stereocenters. The van der Waals surface area contributed by atoms with Crippen molar-refractivity contribution >= 4 is 17.3 Å². The zero-order valence-electron chi connectivity index (χ0n) is 9.13. The fourth-order valence-corrected chi connectivity index (χ4v) is 1.70. The maximum atomic E-state index is 11.4. The van der Waals surface area contributed by atoms with Crippen LogP contribution in [0, 0.1) is 0 Å². The van der Waals surface area contributed by atoms with Crippen LogP contribution in [0.25, 0.3) is 0 Å². The molecule has 0 fully saturated rings. The third-order valence-corrected chi connectivity index (χ3v) is 2.65. The maximum absolute atomic E-state index is 11.4. The summed E-state index contributed by atoms with van der Waals surface area (Å²) in [5.74, 6) is 0.567. The van der Waals surface area contributed by atoms with Gasteiger partial charge in [-0.2, -0.15) is 0 Å². The van der Waals surface area contributed by atoms with E-state index in [4.69, 9.17) is 0 Å². The summed E-state index contributed by atoms with van der Waals surface area (Å²) in [6.07, 6.45) is 0.533. The van der Waals surface area contributed by atoms with Crippen molar-refractivity contribution in [2.45, 2.75) is 26.2 Å². The molecule has 1 aliphatic rings. The second-order valence-electron chi connectivity index (χ2n) is 4.18. The van der Waals surface area contributed by atoms with E-state index in [1.807, 2.05) is 6.07 Å². The van der Waals surface area contributed by atoms with Crippen LogP contribution in [0.1, 0.15) is 31.7 Å². The molecule has 0 atom stereocenters. The highest BCUT2D eigenvalue weighted by molar-refractivity contribution is 5.96. The molecule has 0 bridgehead atoms. The van der Waals surface area contributed by atoms with Crippen LogP contribution >= 0.6 is 0 Å².